The third-order valence-electron chi connectivity index (χ3n) is 2.01. The van der Waals surface area contributed by atoms with Crippen LogP contribution in [0.1, 0.15) is 23.7 Å². The van der Waals surface area contributed by atoms with Crippen LogP contribution in [0.15, 0.2) is 18.2 Å². The summed E-state index contributed by atoms with van der Waals surface area (Å²) in [5.74, 6) is -0.818. The molecule has 1 aromatic carbocycles. The van der Waals surface area contributed by atoms with E-state index in [2.05, 4.69) is 0 Å². The summed E-state index contributed by atoms with van der Waals surface area (Å²) in [5, 5.41) is 18.4. The van der Waals surface area contributed by atoms with Crippen LogP contribution in [-0.2, 0) is 4.74 Å². The summed E-state index contributed by atoms with van der Waals surface area (Å²) in [7, 11) is 0. The fraction of sp³-hybridized carbons (Fsp3) is 0.364. The van der Waals surface area contributed by atoms with Crippen molar-refractivity contribution in [3.63, 3.8) is 0 Å². The average Bonchev–Trinajstić information content (AvgIpc) is 2.21. The zero-order chi connectivity index (χ0) is 12.1. The van der Waals surface area contributed by atoms with Gasteiger partial charge in [-0.25, -0.2) is 4.79 Å². The van der Waals surface area contributed by atoms with Crippen molar-refractivity contribution in [1.82, 2.24) is 0 Å². The van der Waals surface area contributed by atoms with Crippen LogP contribution in [0.25, 0.3) is 0 Å². The van der Waals surface area contributed by atoms with E-state index in [0.717, 1.165) is 0 Å². The molecule has 0 unspecified atom stereocenters. The first kappa shape index (κ1) is 12.3. The highest BCUT2D eigenvalue weighted by Crippen LogP contribution is 2.20. The Labute approximate surface area is 93.5 Å². The first-order valence-corrected chi connectivity index (χ1v) is 4.94. The molecule has 0 saturated carbocycles. The summed E-state index contributed by atoms with van der Waals surface area (Å²) in [5.41, 5.74) is 5.89. The highest BCUT2D eigenvalue weighted by Gasteiger charge is 2.13. The maximum absolute atomic E-state index is 11.5. The third kappa shape index (κ3) is 3.43. The minimum absolute atomic E-state index is 0.0330. The van der Waals surface area contributed by atoms with Crippen molar-refractivity contribution in [2.75, 3.05) is 12.3 Å². The van der Waals surface area contributed by atoms with Gasteiger partial charge in [0.15, 0.2) is 0 Å². The number of aromatic hydroxyl groups is 1. The number of phenols is 1. The number of hydrogen-bond acceptors (Lipinski definition) is 5. The van der Waals surface area contributed by atoms with E-state index in [1.807, 2.05) is 0 Å². The van der Waals surface area contributed by atoms with Crippen molar-refractivity contribution in [3.05, 3.63) is 23.8 Å². The number of aliphatic hydroxyl groups excluding tert-OH is 1. The molecule has 0 aliphatic carbocycles. The van der Waals surface area contributed by atoms with Gasteiger partial charge in [0.2, 0.25) is 0 Å². The molecular weight excluding hydrogens is 210 g/mol. The monoisotopic (exact) mass is 225 g/mol. The Bertz CT molecular complexity index is 376. The number of phenolic OH excluding ortho intramolecular Hbond substituents is 1. The van der Waals surface area contributed by atoms with Gasteiger partial charge < -0.3 is 20.7 Å². The highest BCUT2D eigenvalue weighted by atomic mass is 16.5. The van der Waals surface area contributed by atoms with E-state index in [1.165, 1.54) is 18.2 Å². The van der Waals surface area contributed by atoms with Crippen molar-refractivity contribution in [2.45, 2.75) is 19.4 Å². The summed E-state index contributed by atoms with van der Waals surface area (Å²) in [6.45, 7) is 1.70. The molecule has 88 valence electrons. The van der Waals surface area contributed by atoms with E-state index >= 15 is 0 Å². The molecule has 5 nitrogen and oxygen atoms in total. The molecule has 0 aliphatic heterocycles. The summed E-state index contributed by atoms with van der Waals surface area (Å²) >= 11 is 0. The number of carbonyl (C=O) groups excluding carboxylic acids is 1. The van der Waals surface area contributed by atoms with Gasteiger partial charge in [0, 0.05) is 12.1 Å². The molecule has 1 aromatic rings. The van der Waals surface area contributed by atoms with E-state index in [0.29, 0.717) is 12.1 Å². The second kappa shape index (κ2) is 5.37. The lowest BCUT2D eigenvalue weighted by Crippen LogP contribution is -2.11. The van der Waals surface area contributed by atoms with Gasteiger partial charge >= 0.3 is 5.97 Å². The molecule has 0 spiro atoms. The van der Waals surface area contributed by atoms with Crippen molar-refractivity contribution in [2.24, 2.45) is 0 Å². The molecule has 0 amide bonds. The first-order valence-electron chi connectivity index (χ1n) is 4.94. The van der Waals surface area contributed by atoms with Gasteiger partial charge in [0.1, 0.15) is 11.3 Å². The second-order valence-corrected chi connectivity index (χ2v) is 3.55. The van der Waals surface area contributed by atoms with Gasteiger partial charge in [0.25, 0.3) is 0 Å². The fourth-order valence-corrected chi connectivity index (χ4v) is 1.12. The molecule has 0 saturated heterocycles. The Kier molecular flexibility index (Phi) is 4.13. The summed E-state index contributed by atoms with van der Waals surface area (Å²) in [6.07, 6.45) is -0.170. The topological polar surface area (TPSA) is 92.8 Å². The fourth-order valence-electron chi connectivity index (χ4n) is 1.12. The number of nitrogens with two attached hydrogens (primary N) is 1. The van der Waals surface area contributed by atoms with Gasteiger partial charge in [-0.3, -0.25) is 0 Å². The van der Waals surface area contributed by atoms with Crippen molar-refractivity contribution >= 4 is 11.7 Å². The Morgan fingerprint density at radius 3 is 2.88 bits per heavy atom. The molecule has 1 rings (SSSR count). The van der Waals surface area contributed by atoms with Crippen LogP contribution in [0.4, 0.5) is 5.69 Å². The van der Waals surface area contributed by atoms with E-state index in [1.54, 1.807) is 6.92 Å². The molecule has 0 bridgehead atoms. The maximum Gasteiger partial charge on any atom is 0.341 e. The Hall–Kier alpha value is -1.75. The zero-order valence-corrected chi connectivity index (χ0v) is 9.01. The van der Waals surface area contributed by atoms with Gasteiger partial charge in [-0.15, -0.1) is 0 Å². The number of hydrogen-bond donors (Lipinski definition) is 3. The standard InChI is InChI=1S/C11H15NO4/c1-7(13)4-5-16-11(15)9-6-8(12)2-3-10(9)14/h2-3,6-7,13-14H,4-5,12H2,1H3/t7-/m0/s1. The SMILES string of the molecule is C[C@H](O)CCOC(=O)c1cc(N)ccc1O. The van der Waals surface area contributed by atoms with Crippen LogP contribution >= 0.6 is 0 Å². The van der Waals surface area contributed by atoms with Crippen LogP contribution < -0.4 is 5.73 Å². The van der Waals surface area contributed by atoms with Crippen molar-refractivity contribution in [3.8, 4) is 5.75 Å². The number of anilines is 1. The van der Waals surface area contributed by atoms with Crippen LogP contribution in [0.3, 0.4) is 0 Å². The molecule has 1 atom stereocenters. The number of ether oxygens (including phenoxy) is 1. The van der Waals surface area contributed by atoms with Crippen molar-refractivity contribution < 1.29 is 19.7 Å². The Morgan fingerprint density at radius 1 is 1.56 bits per heavy atom. The number of rotatable bonds is 4. The van der Waals surface area contributed by atoms with E-state index in [-0.39, 0.29) is 17.9 Å². The number of aliphatic hydroxyl groups is 1. The second-order valence-electron chi connectivity index (χ2n) is 3.55. The lowest BCUT2D eigenvalue weighted by molar-refractivity contribution is 0.0441. The molecule has 16 heavy (non-hydrogen) atoms. The lowest BCUT2D eigenvalue weighted by Gasteiger charge is -2.08. The molecule has 0 fully saturated rings. The van der Waals surface area contributed by atoms with Crippen molar-refractivity contribution in [1.29, 1.82) is 0 Å². The van der Waals surface area contributed by atoms with Crippen LogP contribution in [0.2, 0.25) is 0 Å². The third-order valence-corrected chi connectivity index (χ3v) is 2.01. The zero-order valence-electron chi connectivity index (χ0n) is 9.01. The summed E-state index contributed by atoms with van der Waals surface area (Å²) in [4.78, 5) is 11.5. The van der Waals surface area contributed by atoms with Gasteiger partial charge in [-0.1, -0.05) is 0 Å². The summed E-state index contributed by atoms with van der Waals surface area (Å²) in [6, 6.07) is 4.17. The molecular formula is C11H15NO4. The normalized spacial score (nSPS) is 12.1. The Balaban J connectivity index is 2.62. The lowest BCUT2D eigenvalue weighted by atomic mass is 10.2. The molecule has 0 aromatic heterocycles. The van der Waals surface area contributed by atoms with E-state index < -0.39 is 12.1 Å². The van der Waals surface area contributed by atoms with Crippen LogP contribution in [-0.4, -0.2) is 28.9 Å². The van der Waals surface area contributed by atoms with E-state index in [4.69, 9.17) is 15.6 Å². The smallest absolute Gasteiger partial charge is 0.341 e. The number of benzene rings is 1. The molecule has 4 N–H and O–H groups in total. The highest BCUT2D eigenvalue weighted by molar-refractivity contribution is 5.93. The van der Waals surface area contributed by atoms with Crippen LogP contribution in [0.5, 0.6) is 5.75 Å². The first-order chi connectivity index (χ1) is 7.50. The predicted octanol–water partition coefficient (Wildman–Crippen LogP) is 0.902. The molecule has 0 aliphatic rings. The molecule has 0 heterocycles. The van der Waals surface area contributed by atoms with Gasteiger partial charge in [-0.05, 0) is 25.1 Å². The predicted molar refractivity (Wildman–Crippen MR) is 59.1 cm³/mol. The minimum atomic E-state index is -0.648. The van der Waals surface area contributed by atoms with Gasteiger partial charge in [0.05, 0.1) is 12.7 Å². The summed E-state index contributed by atoms with van der Waals surface area (Å²) < 4.78 is 4.86. The maximum atomic E-state index is 11.5. The number of nitrogen functional groups attached to an aromatic ring is 1. The Morgan fingerprint density at radius 2 is 2.25 bits per heavy atom. The quantitative estimate of drug-likeness (QED) is 0.402. The van der Waals surface area contributed by atoms with Crippen LogP contribution in [0, 0.1) is 0 Å². The van der Waals surface area contributed by atoms with Gasteiger partial charge in [-0.2, -0.15) is 0 Å². The number of carbonyl (C=O) groups is 1. The van der Waals surface area contributed by atoms with E-state index in [9.17, 15) is 9.90 Å². The molecule has 0 radical (unpaired) electrons. The molecule has 5 heteroatoms. The largest absolute Gasteiger partial charge is 0.507 e. The number of esters is 1. The average molecular weight is 225 g/mol. The minimum Gasteiger partial charge on any atom is -0.507 e.